The molecule has 3 heteroatoms. The van der Waals surface area contributed by atoms with Gasteiger partial charge in [-0.15, -0.1) is 0 Å². The Balaban J connectivity index is 2.53. The van der Waals surface area contributed by atoms with E-state index in [0.29, 0.717) is 17.7 Å². The van der Waals surface area contributed by atoms with Crippen LogP contribution in [-0.4, -0.2) is 10.9 Å². The van der Waals surface area contributed by atoms with Gasteiger partial charge in [-0.05, 0) is 24.6 Å². The number of carbonyl (C=O) groups is 1. The highest BCUT2D eigenvalue weighted by Gasteiger charge is 1.97. The summed E-state index contributed by atoms with van der Waals surface area (Å²) >= 11 is 1.24. The number of hydrogen-bond acceptors (Lipinski definition) is 2. The van der Waals surface area contributed by atoms with Gasteiger partial charge in [-0.3, -0.25) is 4.79 Å². The molecule has 0 heterocycles. The molecule has 1 rings (SSSR count). The van der Waals surface area contributed by atoms with Crippen LogP contribution in [0.3, 0.4) is 0 Å². The fourth-order valence-electron chi connectivity index (χ4n) is 1.13. The molecule has 0 spiro atoms. The third-order valence-corrected chi connectivity index (χ3v) is 2.69. The molecular weight excluding hydrogens is 223 g/mol. The van der Waals surface area contributed by atoms with Crippen LogP contribution in [0.1, 0.15) is 24.5 Å². The van der Waals surface area contributed by atoms with E-state index in [1.807, 2.05) is 13.0 Å². The highest BCUT2D eigenvalue weighted by molar-refractivity contribution is 8.13. The van der Waals surface area contributed by atoms with Crippen LogP contribution in [0.5, 0.6) is 0 Å². The summed E-state index contributed by atoms with van der Waals surface area (Å²) in [6.45, 7) is 3.36. The molecule has 1 aromatic carbocycles. The van der Waals surface area contributed by atoms with E-state index >= 15 is 0 Å². The quantitative estimate of drug-likeness (QED) is 0.579. The van der Waals surface area contributed by atoms with E-state index in [2.05, 4.69) is 11.8 Å². The van der Waals surface area contributed by atoms with E-state index in [1.165, 1.54) is 24.8 Å². The molecule has 0 amide bonds. The van der Waals surface area contributed by atoms with Gasteiger partial charge in [0.15, 0.2) is 5.12 Å². The summed E-state index contributed by atoms with van der Waals surface area (Å²) < 4.78 is 13.3. The molecule has 0 N–H and O–H groups in total. The molecule has 84 valence electrons. The fourth-order valence-corrected chi connectivity index (χ4v) is 1.62. The van der Waals surface area contributed by atoms with Crippen LogP contribution >= 0.6 is 11.8 Å². The van der Waals surface area contributed by atoms with Gasteiger partial charge in [0.25, 0.3) is 0 Å². The number of rotatable bonds is 2. The maximum Gasteiger partial charge on any atom is 0.185 e. The Bertz CT molecular complexity index is 443. The number of benzene rings is 1. The van der Waals surface area contributed by atoms with Gasteiger partial charge in [0, 0.05) is 19.1 Å². The van der Waals surface area contributed by atoms with Crippen LogP contribution in [0.2, 0.25) is 0 Å². The van der Waals surface area contributed by atoms with E-state index < -0.39 is 0 Å². The molecule has 16 heavy (non-hydrogen) atoms. The lowest BCUT2D eigenvalue weighted by atomic mass is 10.1. The lowest BCUT2D eigenvalue weighted by Crippen LogP contribution is -1.86. The first-order valence-corrected chi connectivity index (χ1v) is 5.96. The summed E-state index contributed by atoms with van der Waals surface area (Å²) in [6.07, 6.45) is 0.595. The van der Waals surface area contributed by atoms with Crippen LogP contribution in [0, 0.1) is 24.6 Å². The van der Waals surface area contributed by atoms with Gasteiger partial charge in [-0.2, -0.15) is 0 Å². The Hall–Kier alpha value is -1.27. The molecule has 1 aromatic rings. The third-order valence-electron chi connectivity index (χ3n) is 1.88. The normalized spacial score (nSPS) is 9.44. The molecular formula is C13H13FOS. The minimum absolute atomic E-state index is 0.0864. The monoisotopic (exact) mass is 236 g/mol. The van der Waals surface area contributed by atoms with Crippen molar-refractivity contribution in [3.63, 3.8) is 0 Å². The van der Waals surface area contributed by atoms with Crippen LogP contribution in [0.15, 0.2) is 18.2 Å². The first-order chi connectivity index (χ1) is 7.59. The van der Waals surface area contributed by atoms with Crippen LogP contribution in [0.25, 0.3) is 0 Å². The first-order valence-electron chi connectivity index (χ1n) is 4.98. The number of aryl methyl sites for hydroxylation is 1. The number of thioether (sulfide) groups is 1. The maximum atomic E-state index is 13.3. The van der Waals surface area contributed by atoms with Gasteiger partial charge in [0.05, 0.1) is 5.56 Å². The van der Waals surface area contributed by atoms with E-state index in [4.69, 9.17) is 0 Å². The van der Waals surface area contributed by atoms with Crippen molar-refractivity contribution in [1.29, 1.82) is 0 Å². The number of halogens is 1. The van der Waals surface area contributed by atoms with Crippen molar-refractivity contribution in [1.82, 2.24) is 0 Å². The zero-order valence-corrected chi connectivity index (χ0v) is 10.2. The Kier molecular flexibility index (Phi) is 5.07. The van der Waals surface area contributed by atoms with Gasteiger partial charge < -0.3 is 0 Å². The molecule has 0 atom stereocenters. The molecule has 0 bridgehead atoms. The lowest BCUT2D eigenvalue weighted by Gasteiger charge is -1.95. The molecule has 0 aliphatic carbocycles. The van der Waals surface area contributed by atoms with Crippen molar-refractivity contribution in [2.24, 2.45) is 0 Å². The SMILES string of the molecule is CC(=O)SCCC#Cc1ccc(C)cc1F. The maximum absolute atomic E-state index is 13.3. The number of hydrogen-bond donors (Lipinski definition) is 0. The molecule has 0 fully saturated rings. The standard InChI is InChI=1S/C13H13FOS/c1-10-6-7-12(13(14)9-10)5-3-4-8-16-11(2)15/h6-7,9H,4,8H2,1-2H3. The van der Waals surface area contributed by atoms with Gasteiger partial charge >= 0.3 is 0 Å². The molecule has 0 saturated carbocycles. The van der Waals surface area contributed by atoms with Gasteiger partial charge in [0.2, 0.25) is 0 Å². The topological polar surface area (TPSA) is 17.1 Å². The molecule has 0 aromatic heterocycles. The van der Waals surface area contributed by atoms with Crippen molar-refractivity contribution in [2.75, 3.05) is 5.75 Å². The fraction of sp³-hybridized carbons (Fsp3) is 0.308. The van der Waals surface area contributed by atoms with E-state index in [9.17, 15) is 9.18 Å². The van der Waals surface area contributed by atoms with Crippen LogP contribution < -0.4 is 0 Å². The zero-order valence-electron chi connectivity index (χ0n) is 9.34. The van der Waals surface area contributed by atoms with Gasteiger partial charge in [-0.25, -0.2) is 4.39 Å². The molecule has 0 aliphatic rings. The van der Waals surface area contributed by atoms with Gasteiger partial charge in [-0.1, -0.05) is 29.7 Å². The van der Waals surface area contributed by atoms with Crippen molar-refractivity contribution in [2.45, 2.75) is 20.3 Å². The van der Waals surface area contributed by atoms with Crippen molar-refractivity contribution in [3.8, 4) is 11.8 Å². The summed E-state index contributed by atoms with van der Waals surface area (Å²) in [5.74, 6) is 6.00. The highest BCUT2D eigenvalue weighted by atomic mass is 32.2. The minimum atomic E-state index is -0.285. The Labute approximate surface area is 99.4 Å². The van der Waals surface area contributed by atoms with Crippen LogP contribution in [-0.2, 0) is 4.79 Å². The van der Waals surface area contributed by atoms with E-state index in [0.717, 1.165) is 5.56 Å². The van der Waals surface area contributed by atoms with Crippen molar-refractivity contribution in [3.05, 3.63) is 35.1 Å². The minimum Gasteiger partial charge on any atom is -0.288 e. The van der Waals surface area contributed by atoms with E-state index in [1.54, 1.807) is 6.07 Å². The summed E-state index contributed by atoms with van der Waals surface area (Å²) in [7, 11) is 0. The molecule has 0 unspecified atom stereocenters. The van der Waals surface area contributed by atoms with E-state index in [-0.39, 0.29) is 10.9 Å². The predicted octanol–water partition coefficient (Wildman–Crippen LogP) is 3.16. The predicted molar refractivity (Wildman–Crippen MR) is 65.8 cm³/mol. The van der Waals surface area contributed by atoms with Crippen molar-refractivity contribution >= 4 is 16.9 Å². The second-order valence-electron chi connectivity index (χ2n) is 3.38. The zero-order chi connectivity index (χ0) is 12.0. The largest absolute Gasteiger partial charge is 0.288 e. The number of carbonyl (C=O) groups excluding carboxylic acids is 1. The second kappa shape index (κ2) is 6.34. The molecule has 0 radical (unpaired) electrons. The average Bonchev–Trinajstić information content (AvgIpc) is 2.20. The first kappa shape index (κ1) is 12.8. The van der Waals surface area contributed by atoms with Crippen molar-refractivity contribution < 1.29 is 9.18 Å². The lowest BCUT2D eigenvalue weighted by molar-refractivity contribution is -0.109. The Morgan fingerprint density at radius 1 is 1.50 bits per heavy atom. The van der Waals surface area contributed by atoms with Gasteiger partial charge in [0.1, 0.15) is 5.82 Å². The summed E-state index contributed by atoms with van der Waals surface area (Å²) in [5, 5.41) is 0.0864. The summed E-state index contributed by atoms with van der Waals surface area (Å²) in [5.41, 5.74) is 1.30. The highest BCUT2D eigenvalue weighted by Crippen LogP contribution is 2.08. The smallest absolute Gasteiger partial charge is 0.185 e. The Morgan fingerprint density at radius 2 is 2.25 bits per heavy atom. The molecule has 0 saturated heterocycles. The molecule has 1 nitrogen and oxygen atoms in total. The average molecular weight is 236 g/mol. The summed E-state index contributed by atoms with van der Waals surface area (Å²) in [4.78, 5) is 10.6. The Morgan fingerprint density at radius 3 is 2.88 bits per heavy atom. The molecule has 0 aliphatic heterocycles. The third kappa shape index (κ3) is 4.50. The van der Waals surface area contributed by atoms with Crippen LogP contribution in [0.4, 0.5) is 4.39 Å². The summed E-state index contributed by atoms with van der Waals surface area (Å²) in [6, 6.07) is 4.97. The second-order valence-corrected chi connectivity index (χ2v) is 4.65.